The number of fused-ring (bicyclic) bond motifs is 2. The molecular weight excluding hydrogens is 924 g/mol. The first kappa shape index (κ1) is 43.0. The number of nitrogen functional groups attached to an aromatic ring is 1. The van der Waals surface area contributed by atoms with Crippen molar-refractivity contribution in [3.05, 3.63) is 104 Å². The maximum atomic E-state index is 5.56. The topological polar surface area (TPSA) is 149 Å². The minimum Gasteiger partial charge on any atom is -0.397 e. The molecule has 2 aliphatic heterocycles. The summed E-state index contributed by atoms with van der Waals surface area (Å²) in [4.78, 5) is 27.7. The van der Waals surface area contributed by atoms with Crippen LogP contribution in [0, 0.1) is 0 Å². The number of hydrogen-bond donors (Lipinski definition) is 3. The van der Waals surface area contributed by atoms with Crippen molar-refractivity contribution in [2.75, 3.05) is 68.6 Å². The minimum absolute atomic E-state index is 0. The van der Waals surface area contributed by atoms with E-state index in [1.54, 1.807) is 12.3 Å². The highest BCUT2D eigenvalue weighted by atomic mass is 79.9. The number of nitrogens with one attached hydrogen (secondary N) is 2. The monoisotopic (exact) mass is 962 g/mol. The number of anilines is 4. The van der Waals surface area contributed by atoms with Crippen LogP contribution in [0.5, 0.6) is 0 Å². The Labute approximate surface area is 338 Å². The van der Waals surface area contributed by atoms with Crippen LogP contribution in [0.15, 0.2) is 104 Å². The van der Waals surface area contributed by atoms with Crippen molar-refractivity contribution in [3.63, 3.8) is 0 Å². The fraction of sp³-hybridized carbons (Fsp3) is 0.278. The summed E-state index contributed by atoms with van der Waals surface area (Å²) in [5.41, 5.74) is 9.13. The average molecular weight is 966 g/mol. The smallest absolute Gasteiger partial charge is 0.228 e. The highest BCUT2D eigenvalue weighted by molar-refractivity contribution is 9.11. The Kier molecular flexibility index (Phi) is 18.7. The van der Waals surface area contributed by atoms with E-state index in [0.717, 1.165) is 86.5 Å². The molecule has 16 heteroatoms. The third-order valence-corrected chi connectivity index (χ3v) is 8.51. The Morgan fingerprint density at radius 3 is 1.79 bits per heavy atom. The highest BCUT2D eigenvalue weighted by Gasteiger charge is 2.15. The van der Waals surface area contributed by atoms with E-state index >= 15 is 0 Å². The van der Waals surface area contributed by atoms with Gasteiger partial charge in [0.1, 0.15) is 19.6 Å². The molecule has 2 saturated heterocycles. The Bertz CT molecular complexity index is 1920. The molecule has 2 aromatic carbocycles. The molecule has 0 bridgehead atoms. The molecule has 0 amide bonds. The summed E-state index contributed by atoms with van der Waals surface area (Å²) in [7, 11) is 0. The standard InChI is InChI=1S/C17H16BrN5O.C9H8N2.C4HBr3N2.C4H9NO.2CH4/c18-15-10-16(22-17(21-15)23-5-7-24-8-6-23)20-13-9-12-3-1-2-4-14(12)19-11-13;10-8-5-7-3-1-2-4-9(7)11-6-8;5-2-1-3(6)9-4(7)8-2;1-3-6-4-2-5-1;;/h1-4,9-11H,5-8H2,(H,20,21,22);1-6H,10H2;1H;5H,1-4H2;2*1H4. The fourth-order valence-corrected chi connectivity index (χ4v) is 6.94. The zero-order chi connectivity index (χ0) is 35.1. The van der Waals surface area contributed by atoms with Gasteiger partial charge in [-0.1, -0.05) is 51.3 Å². The molecule has 0 spiro atoms. The van der Waals surface area contributed by atoms with Gasteiger partial charge >= 0.3 is 0 Å². The maximum absolute atomic E-state index is 5.56. The van der Waals surface area contributed by atoms with Gasteiger partial charge in [0.15, 0.2) is 4.73 Å². The lowest BCUT2D eigenvalue weighted by atomic mass is 10.2. The molecule has 6 aromatic rings. The summed E-state index contributed by atoms with van der Waals surface area (Å²) in [6.45, 7) is 6.83. The van der Waals surface area contributed by atoms with Gasteiger partial charge in [0.25, 0.3) is 0 Å². The van der Waals surface area contributed by atoms with Crippen molar-refractivity contribution in [2.45, 2.75) is 14.9 Å². The van der Waals surface area contributed by atoms with E-state index in [9.17, 15) is 0 Å². The molecule has 6 heterocycles. The molecule has 4 aromatic heterocycles. The van der Waals surface area contributed by atoms with E-state index < -0.39 is 0 Å². The zero-order valence-corrected chi connectivity index (χ0v) is 33.1. The quantitative estimate of drug-likeness (QED) is 0.115. The Hall–Kier alpha value is -3.38. The largest absolute Gasteiger partial charge is 0.397 e. The molecule has 0 saturated carbocycles. The number of ether oxygens (including phenoxy) is 2. The predicted octanol–water partition coefficient (Wildman–Crippen LogP) is 8.83. The minimum atomic E-state index is 0. The normalized spacial score (nSPS) is 13.4. The third-order valence-electron chi connectivity index (χ3n) is 6.93. The molecule has 0 atom stereocenters. The number of nitrogens with zero attached hydrogens (tertiary/aromatic N) is 7. The van der Waals surface area contributed by atoms with Crippen LogP contribution in [0.4, 0.5) is 23.1 Å². The van der Waals surface area contributed by atoms with Gasteiger partial charge in [-0.3, -0.25) is 9.97 Å². The van der Waals surface area contributed by atoms with Crippen LogP contribution in [0.2, 0.25) is 0 Å². The van der Waals surface area contributed by atoms with Gasteiger partial charge in [0.05, 0.1) is 61.2 Å². The van der Waals surface area contributed by atoms with Crippen molar-refractivity contribution in [1.82, 2.24) is 35.2 Å². The summed E-state index contributed by atoms with van der Waals surface area (Å²) >= 11 is 13.0. The molecule has 0 unspecified atom stereocenters. The van der Waals surface area contributed by atoms with Crippen molar-refractivity contribution in [3.8, 4) is 0 Å². The van der Waals surface area contributed by atoms with Gasteiger partial charge in [-0.25, -0.2) is 15.0 Å². The Morgan fingerprint density at radius 2 is 1.21 bits per heavy atom. The average Bonchev–Trinajstić information content (AvgIpc) is 3.13. The van der Waals surface area contributed by atoms with Crippen LogP contribution < -0.4 is 21.3 Å². The molecule has 8 rings (SSSR count). The van der Waals surface area contributed by atoms with Crippen molar-refractivity contribution >= 4 is 109 Å². The number of rotatable bonds is 3. The van der Waals surface area contributed by atoms with Crippen molar-refractivity contribution in [1.29, 1.82) is 0 Å². The molecule has 0 radical (unpaired) electrons. The number of pyridine rings is 2. The first-order chi connectivity index (χ1) is 24.3. The lowest BCUT2D eigenvalue weighted by molar-refractivity contribution is 0.109. The molecule has 276 valence electrons. The number of halogens is 4. The van der Waals surface area contributed by atoms with Crippen LogP contribution in [-0.4, -0.2) is 82.5 Å². The van der Waals surface area contributed by atoms with Crippen LogP contribution in [0.25, 0.3) is 21.8 Å². The third kappa shape index (κ3) is 14.2. The number of benzene rings is 2. The predicted molar refractivity (Wildman–Crippen MR) is 226 cm³/mol. The first-order valence-corrected chi connectivity index (χ1v) is 18.7. The Balaban J connectivity index is 0.000000216. The lowest BCUT2D eigenvalue weighted by Gasteiger charge is -2.27. The van der Waals surface area contributed by atoms with E-state index in [0.29, 0.717) is 29.6 Å². The van der Waals surface area contributed by atoms with E-state index in [2.05, 4.69) is 115 Å². The van der Waals surface area contributed by atoms with E-state index in [4.69, 9.17) is 15.2 Å². The fourth-order valence-electron chi connectivity index (χ4n) is 4.63. The second-order valence-electron chi connectivity index (χ2n) is 10.6. The van der Waals surface area contributed by atoms with Crippen molar-refractivity contribution in [2.24, 2.45) is 0 Å². The number of nitrogens with two attached hydrogens (primary N) is 1. The summed E-state index contributed by atoms with van der Waals surface area (Å²) in [6, 6.07) is 23.5. The summed E-state index contributed by atoms with van der Waals surface area (Å²) in [5, 5.41) is 8.65. The molecule has 0 aliphatic carbocycles. The molecule has 2 aliphatic rings. The van der Waals surface area contributed by atoms with Crippen molar-refractivity contribution < 1.29 is 9.47 Å². The molecular formula is C36H42Br4N10O2. The summed E-state index contributed by atoms with van der Waals surface area (Å²) in [5.74, 6) is 1.43. The first-order valence-electron chi connectivity index (χ1n) is 15.6. The number of morpholine rings is 2. The van der Waals surface area contributed by atoms with Crippen LogP contribution in [0.1, 0.15) is 14.9 Å². The number of aromatic nitrogens is 6. The second-order valence-corrected chi connectivity index (χ2v) is 13.8. The zero-order valence-electron chi connectivity index (χ0n) is 26.8. The second kappa shape index (κ2) is 22.6. The SMILES string of the molecule is Brc1cc(Br)nc(Br)n1.Brc1cc(Nc2cnc3ccccc3c2)nc(N2CCOCC2)n1.C.C.C1COCCN1.Nc1cnc2ccccc2c1. The van der Waals surface area contributed by atoms with Crippen LogP contribution >= 0.6 is 63.7 Å². The van der Waals surface area contributed by atoms with Gasteiger partial charge in [-0.05, 0) is 88.0 Å². The lowest BCUT2D eigenvalue weighted by Crippen LogP contribution is -2.37. The number of para-hydroxylation sites is 2. The van der Waals surface area contributed by atoms with Gasteiger partial charge in [-0.15, -0.1) is 0 Å². The van der Waals surface area contributed by atoms with Gasteiger partial charge < -0.3 is 30.7 Å². The van der Waals surface area contributed by atoms with Gasteiger partial charge in [0.2, 0.25) is 5.95 Å². The van der Waals surface area contributed by atoms with E-state index in [1.807, 2.05) is 66.9 Å². The van der Waals surface area contributed by atoms with Crippen LogP contribution in [-0.2, 0) is 9.47 Å². The molecule has 52 heavy (non-hydrogen) atoms. The summed E-state index contributed by atoms with van der Waals surface area (Å²) in [6.07, 6.45) is 3.48. The molecule has 4 N–H and O–H groups in total. The van der Waals surface area contributed by atoms with Crippen LogP contribution in [0.3, 0.4) is 0 Å². The molecule has 12 nitrogen and oxygen atoms in total. The summed E-state index contributed by atoms with van der Waals surface area (Å²) < 4.78 is 13.2. The molecule has 2 fully saturated rings. The number of hydrogen-bond acceptors (Lipinski definition) is 12. The van der Waals surface area contributed by atoms with Gasteiger partial charge in [-0.2, -0.15) is 4.98 Å². The van der Waals surface area contributed by atoms with E-state index in [-0.39, 0.29) is 14.9 Å². The highest BCUT2D eigenvalue weighted by Crippen LogP contribution is 2.23. The van der Waals surface area contributed by atoms with E-state index in [1.165, 1.54) is 0 Å². The maximum Gasteiger partial charge on any atom is 0.228 e. The Morgan fingerprint density at radius 1 is 0.654 bits per heavy atom. The van der Waals surface area contributed by atoms with Gasteiger partial charge in [0, 0.05) is 49.1 Å².